The zero-order chi connectivity index (χ0) is 16.7. The Hall–Kier alpha value is -1.02. The second-order valence-electron chi connectivity index (χ2n) is 6.17. The van der Waals surface area contributed by atoms with Crippen LogP contribution in [0.25, 0.3) is 0 Å². The predicted molar refractivity (Wildman–Crippen MR) is 111 cm³/mol. The summed E-state index contributed by atoms with van der Waals surface area (Å²) in [6.07, 6.45) is 2.68. The molecule has 1 saturated carbocycles. The molecular weight excluding hydrogens is 415 g/mol. The maximum atomic E-state index is 5.26. The van der Waals surface area contributed by atoms with Crippen molar-refractivity contribution in [2.75, 3.05) is 27.2 Å². The highest BCUT2D eigenvalue weighted by atomic mass is 127. The van der Waals surface area contributed by atoms with E-state index in [-0.39, 0.29) is 24.0 Å². The summed E-state index contributed by atoms with van der Waals surface area (Å²) in [5.74, 6) is 1.74. The predicted octanol–water partition coefficient (Wildman–Crippen LogP) is 2.85. The fourth-order valence-electron chi connectivity index (χ4n) is 2.51. The van der Waals surface area contributed by atoms with E-state index in [1.54, 1.807) is 7.11 Å². The second-order valence-corrected chi connectivity index (χ2v) is 6.17. The molecule has 0 heterocycles. The van der Waals surface area contributed by atoms with Gasteiger partial charge in [-0.3, -0.25) is 4.90 Å². The van der Waals surface area contributed by atoms with Crippen LogP contribution in [0.3, 0.4) is 0 Å². The van der Waals surface area contributed by atoms with E-state index in [0.717, 1.165) is 36.4 Å². The minimum Gasteiger partial charge on any atom is -0.497 e. The van der Waals surface area contributed by atoms with Gasteiger partial charge in [-0.1, -0.05) is 12.1 Å². The second kappa shape index (κ2) is 10.8. The first-order valence-electron chi connectivity index (χ1n) is 8.51. The fourth-order valence-corrected chi connectivity index (χ4v) is 2.51. The Morgan fingerprint density at radius 1 is 1.38 bits per heavy atom. The third-order valence-electron chi connectivity index (χ3n) is 4.28. The lowest BCUT2D eigenvalue weighted by atomic mass is 10.2. The van der Waals surface area contributed by atoms with Gasteiger partial charge in [0.25, 0.3) is 0 Å². The summed E-state index contributed by atoms with van der Waals surface area (Å²) in [5.41, 5.74) is 1.14. The first-order chi connectivity index (χ1) is 11.1. The molecule has 6 heteroatoms. The monoisotopic (exact) mass is 446 g/mol. The zero-order valence-electron chi connectivity index (χ0n) is 15.2. The Morgan fingerprint density at radius 2 is 2.12 bits per heavy atom. The first-order valence-corrected chi connectivity index (χ1v) is 8.51. The number of rotatable bonds is 8. The van der Waals surface area contributed by atoms with Crippen molar-refractivity contribution in [2.24, 2.45) is 4.99 Å². The standard InChI is InChI=1S/C18H30N4O.HI/c1-5-19-18(20-12-14(2)22(3)16-9-10-16)21-13-15-7-6-8-17(11-15)23-4;/h6-8,11,14,16H,5,9-10,12-13H2,1-4H3,(H2,19,20,21);1H. The number of guanidine groups is 1. The summed E-state index contributed by atoms with van der Waals surface area (Å²) in [6.45, 7) is 6.74. The summed E-state index contributed by atoms with van der Waals surface area (Å²) in [4.78, 5) is 7.13. The van der Waals surface area contributed by atoms with Crippen molar-refractivity contribution >= 4 is 29.9 Å². The van der Waals surface area contributed by atoms with Crippen molar-refractivity contribution in [2.45, 2.75) is 45.3 Å². The molecule has 0 amide bonds. The summed E-state index contributed by atoms with van der Waals surface area (Å²) in [7, 11) is 3.90. The SMILES string of the molecule is CCNC(=NCc1cccc(OC)c1)NCC(C)N(C)C1CC1.I. The molecule has 1 fully saturated rings. The van der Waals surface area contributed by atoms with Gasteiger partial charge in [-0.15, -0.1) is 24.0 Å². The summed E-state index contributed by atoms with van der Waals surface area (Å²) < 4.78 is 5.26. The highest BCUT2D eigenvalue weighted by Crippen LogP contribution is 2.26. The van der Waals surface area contributed by atoms with Crippen LogP contribution < -0.4 is 15.4 Å². The maximum Gasteiger partial charge on any atom is 0.191 e. The molecule has 1 aromatic carbocycles. The minimum absolute atomic E-state index is 0. The van der Waals surface area contributed by atoms with Crippen LogP contribution in [-0.2, 0) is 6.54 Å². The van der Waals surface area contributed by atoms with Crippen molar-refractivity contribution in [1.82, 2.24) is 15.5 Å². The number of hydrogen-bond acceptors (Lipinski definition) is 3. The van der Waals surface area contributed by atoms with Gasteiger partial charge in [-0.25, -0.2) is 4.99 Å². The van der Waals surface area contributed by atoms with Crippen LogP contribution in [0.4, 0.5) is 0 Å². The average molecular weight is 446 g/mol. The van der Waals surface area contributed by atoms with Gasteiger partial charge in [-0.05, 0) is 51.4 Å². The largest absolute Gasteiger partial charge is 0.497 e. The summed E-state index contributed by atoms with van der Waals surface area (Å²) >= 11 is 0. The van der Waals surface area contributed by atoms with Crippen molar-refractivity contribution in [3.63, 3.8) is 0 Å². The fraction of sp³-hybridized carbons (Fsp3) is 0.611. The van der Waals surface area contributed by atoms with Crippen molar-refractivity contribution in [3.05, 3.63) is 29.8 Å². The molecule has 136 valence electrons. The van der Waals surface area contributed by atoms with Crippen molar-refractivity contribution < 1.29 is 4.74 Å². The molecule has 0 saturated heterocycles. The number of hydrogen-bond donors (Lipinski definition) is 2. The van der Waals surface area contributed by atoms with E-state index in [4.69, 9.17) is 4.74 Å². The maximum absolute atomic E-state index is 5.26. The Bertz CT molecular complexity index is 519. The number of methoxy groups -OCH3 is 1. The number of nitrogens with zero attached hydrogens (tertiary/aromatic N) is 2. The molecule has 0 aliphatic heterocycles. The van der Waals surface area contributed by atoms with Gasteiger partial charge < -0.3 is 15.4 Å². The third kappa shape index (κ3) is 6.84. The molecule has 1 aliphatic carbocycles. The number of benzene rings is 1. The van der Waals surface area contributed by atoms with Crippen LogP contribution in [0.15, 0.2) is 29.3 Å². The van der Waals surface area contributed by atoms with E-state index in [1.807, 2.05) is 18.2 Å². The van der Waals surface area contributed by atoms with E-state index >= 15 is 0 Å². The zero-order valence-corrected chi connectivity index (χ0v) is 17.5. The lowest BCUT2D eigenvalue weighted by molar-refractivity contribution is 0.247. The van der Waals surface area contributed by atoms with Crippen molar-refractivity contribution in [3.8, 4) is 5.75 Å². The van der Waals surface area contributed by atoms with Crippen LogP contribution >= 0.6 is 24.0 Å². The van der Waals surface area contributed by atoms with Crippen LogP contribution in [0.5, 0.6) is 5.75 Å². The van der Waals surface area contributed by atoms with E-state index in [2.05, 4.69) is 47.5 Å². The molecule has 1 unspecified atom stereocenters. The molecule has 0 bridgehead atoms. The molecule has 24 heavy (non-hydrogen) atoms. The molecule has 0 radical (unpaired) electrons. The molecule has 2 rings (SSSR count). The number of likely N-dealkylation sites (N-methyl/N-ethyl adjacent to an activating group) is 1. The number of nitrogens with one attached hydrogen (secondary N) is 2. The quantitative estimate of drug-likeness (QED) is 0.367. The van der Waals surface area contributed by atoms with Gasteiger partial charge in [-0.2, -0.15) is 0 Å². The van der Waals surface area contributed by atoms with Crippen LogP contribution in [0, 0.1) is 0 Å². The van der Waals surface area contributed by atoms with Gasteiger partial charge in [0.2, 0.25) is 0 Å². The highest BCUT2D eigenvalue weighted by molar-refractivity contribution is 14.0. The van der Waals surface area contributed by atoms with Crippen LogP contribution in [-0.4, -0.2) is 50.2 Å². The normalized spacial score (nSPS) is 15.6. The third-order valence-corrected chi connectivity index (χ3v) is 4.28. The average Bonchev–Trinajstić information content (AvgIpc) is 3.41. The smallest absolute Gasteiger partial charge is 0.191 e. The van der Waals surface area contributed by atoms with Crippen LogP contribution in [0.1, 0.15) is 32.3 Å². The molecule has 1 atom stereocenters. The lowest BCUT2D eigenvalue weighted by Crippen LogP contribution is -2.45. The Labute approximate surface area is 163 Å². The van der Waals surface area contributed by atoms with Gasteiger partial charge in [0.1, 0.15) is 5.75 Å². The molecule has 2 N–H and O–H groups in total. The Balaban J connectivity index is 0.00000288. The van der Waals surface area contributed by atoms with E-state index in [9.17, 15) is 0 Å². The van der Waals surface area contributed by atoms with Gasteiger partial charge in [0.05, 0.1) is 13.7 Å². The molecular formula is C18H31IN4O. The summed E-state index contributed by atoms with van der Waals surface area (Å²) in [5, 5.41) is 6.76. The Morgan fingerprint density at radius 3 is 2.75 bits per heavy atom. The minimum atomic E-state index is 0. The molecule has 0 spiro atoms. The molecule has 5 nitrogen and oxygen atoms in total. The topological polar surface area (TPSA) is 48.9 Å². The lowest BCUT2D eigenvalue weighted by Gasteiger charge is -2.25. The van der Waals surface area contributed by atoms with Gasteiger partial charge >= 0.3 is 0 Å². The van der Waals surface area contributed by atoms with Gasteiger partial charge in [0, 0.05) is 25.2 Å². The summed E-state index contributed by atoms with van der Waals surface area (Å²) in [6, 6.07) is 9.32. The molecule has 1 aliphatic rings. The van der Waals surface area contributed by atoms with E-state index in [0.29, 0.717) is 12.6 Å². The number of halogens is 1. The van der Waals surface area contributed by atoms with Gasteiger partial charge in [0.15, 0.2) is 5.96 Å². The number of ether oxygens (including phenoxy) is 1. The van der Waals surface area contributed by atoms with Crippen molar-refractivity contribution in [1.29, 1.82) is 0 Å². The molecule has 1 aromatic rings. The molecule has 0 aromatic heterocycles. The highest BCUT2D eigenvalue weighted by Gasteiger charge is 2.28. The first kappa shape index (κ1) is 21.0. The number of aliphatic imine (C=N–C) groups is 1. The Kier molecular flexibility index (Phi) is 9.43. The van der Waals surface area contributed by atoms with E-state index < -0.39 is 0 Å². The van der Waals surface area contributed by atoms with E-state index in [1.165, 1.54) is 12.8 Å². The van der Waals surface area contributed by atoms with Crippen LogP contribution in [0.2, 0.25) is 0 Å².